The van der Waals surface area contributed by atoms with Gasteiger partial charge in [-0.3, -0.25) is 14.5 Å². The van der Waals surface area contributed by atoms with Crippen molar-refractivity contribution in [1.82, 2.24) is 9.80 Å². The normalized spacial score (nSPS) is 20.2. The Morgan fingerprint density at radius 2 is 1.77 bits per heavy atom. The van der Waals surface area contributed by atoms with Crippen LogP contribution in [0.1, 0.15) is 22.3 Å². The van der Waals surface area contributed by atoms with Gasteiger partial charge < -0.3 is 10.2 Å². The molecule has 158 valence electrons. The van der Waals surface area contributed by atoms with Gasteiger partial charge in [-0.2, -0.15) is 0 Å². The second kappa shape index (κ2) is 8.20. The third kappa shape index (κ3) is 4.24. The fourth-order valence-electron chi connectivity index (χ4n) is 4.13. The molecule has 7 nitrogen and oxygen atoms in total. The minimum atomic E-state index is -3.37. The molecule has 0 radical (unpaired) electrons. The molecule has 2 aromatic carbocycles. The molecule has 2 aliphatic rings. The molecule has 4 rings (SSSR count). The minimum Gasteiger partial charge on any atom is -0.336 e. The highest BCUT2D eigenvalue weighted by Crippen LogP contribution is 2.24. The number of rotatable bonds is 3. The van der Waals surface area contributed by atoms with Gasteiger partial charge in [0.15, 0.2) is 9.84 Å². The van der Waals surface area contributed by atoms with E-state index in [1.807, 2.05) is 24.3 Å². The Morgan fingerprint density at radius 3 is 2.50 bits per heavy atom. The average Bonchev–Trinajstić information content (AvgIpc) is 2.91. The molecule has 0 bridgehead atoms. The average molecular weight is 428 g/mol. The summed E-state index contributed by atoms with van der Waals surface area (Å²) < 4.78 is 23.5. The van der Waals surface area contributed by atoms with Crippen molar-refractivity contribution in [2.45, 2.75) is 23.8 Å². The van der Waals surface area contributed by atoms with Crippen LogP contribution in [0.4, 0.5) is 5.69 Å². The maximum atomic E-state index is 12.9. The Morgan fingerprint density at radius 1 is 1.03 bits per heavy atom. The highest BCUT2D eigenvalue weighted by Gasteiger charge is 2.32. The maximum absolute atomic E-state index is 12.9. The van der Waals surface area contributed by atoms with Crippen LogP contribution < -0.4 is 5.32 Å². The molecular weight excluding hydrogens is 402 g/mol. The number of nitrogens with one attached hydrogen (secondary N) is 1. The van der Waals surface area contributed by atoms with Crippen LogP contribution >= 0.6 is 0 Å². The van der Waals surface area contributed by atoms with E-state index in [0.29, 0.717) is 31.7 Å². The molecule has 1 fully saturated rings. The van der Waals surface area contributed by atoms with Gasteiger partial charge in [-0.25, -0.2) is 8.42 Å². The number of sulfone groups is 1. The first-order valence-corrected chi connectivity index (χ1v) is 11.9. The van der Waals surface area contributed by atoms with E-state index >= 15 is 0 Å². The number of carbonyl (C=O) groups excluding carboxylic acids is 2. The van der Waals surface area contributed by atoms with Gasteiger partial charge in [-0.05, 0) is 42.7 Å². The van der Waals surface area contributed by atoms with E-state index in [9.17, 15) is 18.0 Å². The van der Waals surface area contributed by atoms with Gasteiger partial charge in [-0.1, -0.05) is 24.3 Å². The van der Waals surface area contributed by atoms with Crippen LogP contribution in [-0.2, 0) is 21.1 Å². The van der Waals surface area contributed by atoms with E-state index in [-0.39, 0.29) is 22.8 Å². The number of benzene rings is 2. The largest absolute Gasteiger partial charge is 0.336 e. The van der Waals surface area contributed by atoms with E-state index in [1.54, 1.807) is 17.0 Å². The Balaban J connectivity index is 1.41. The maximum Gasteiger partial charge on any atom is 0.253 e. The number of fused-ring (bicyclic) bond motifs is 1. The van der Waals surface area contributed by atoms with Crippen LogP contribution in [0.5, 0.6) is 0 Å². The second-order valence-electron chi connectivity index (χ2n) is 7.83. The van der Waals surface area contributed by atoms with E-state index in [2.05, 4.69) is 10.2 Å². The molecule has 0 spiro atoms. The lowest BCUT2D eigenvalue weighted by Gasteiger charge is -2.38. The summed E-state index contributed by atoms with van der Waals surface area (Å²) in [6.07, 6.45) is 2.70. The third-order valence-electron chi connectivity index (χ3n) is 5.82. The number of hydrogen-bond acceptors (Lipinski definition) is 5. The van der Waals surface area contributed by atoms with Gasteiger partial charge in [-0.15, -0.1) is 0 Å². The molecule has 0 aromatic heterocycles. The molecule has 2 aliphatic heterocycles. The summed E-state index contributed by atoms with van der Waals surface area (Å²) >= 11 is 0. The van der Waals surface area contributed by atoms with Crippen molar-refractivity contribution in [3.05, 3.63) is 59.7 Å². The number of aryl methyl sites for hydroxylation is 1. The number of para-hydroxylation sites is 1. The number of carbonyl (C=O) groups is 2. The topological polar surface area (TPSA) is 86.8 Å². The second-order valence-corrected chi connectivity index (χ2v) is 9.84. The monoisotopic (exact) mass is 427 g/mol. The summed E-state index contributed by atoms with van der Waals surface area (Å²) in [6.45, 7) is 2.20. The van der Waals surface area contributed by atoms with Gasteiger partial charge in [0.1, 0.15) is 0 Å². The smallest absolute Gasteiger partial charge is 0.253 e. The SMILES string of the molecule is CS(=O)(=O)c1cccc(C(=O)N2CCN(C3CCc4ccccc4NC3=O)CC2)c1. The molecule has 1 unspecified atom stereocenters. The Bertz CT molecular complexity index is 1080. The van der Waals surface area contributed by atoms with Crippen LogP contribution in [0.3, 0.4) is 0 Å². The highest BCUT2D eigenvalue weighted by atomic mass is 32.2. The quantitative estimate of drug-likeness (QED) is 0.807. The zero-order chi connectivity index (χ0) is 21.3. The van der Waals surface area contributed by atoms with Gasteiger partial charge in [0, 0.05) is 43.7 Å². The van der Waals surface area contributed by atoms with Crippen molar-refractivity contribution in [2.24, 2.45) is 0 Å². The van der Waals surface area contributed by atoms with Gasteiger partial charge in [0.05, 0.1) is 10.9 Å². The van der Waals surface area contributed by atoms with Crippen LogP contribution in [0, 0.1) is 0 Å². The minimum absolute atomic E-state index is 0.000537. The van der Waals surface area contributed by atoms with Crippen molar-refractivity contribution < 1.29 is 18.0 Å². The lowest BCUT2D eigenvalue weighted by Crippen LogP contribution is -2.54. The number of anilines is 1. The summed E-state index contributed by atoms with van der Waals surface area (Å²) in [6, 6.07) is 13.8. The molecule has 2 amide bonds. The third-order valence-corrected chi connectivity index (χ3v) is 6.93. The van der Waals surface area contributed by atoms with Crippen LogP contribution in [0.15, 0.2) is 53.4 Å². The van der Waals surface area contributed by atoms with Crippen molar-refractivity contribution in [2.75, 3.05) is 37.8 Å². The van der Waals surface area contributed by atoms with Crippen LogP contribution in [0.25, 0.3) is 0 Å². The Kier molecular flexibility index (Phi) is 5.62. The van der Waals surface area contributed by atoms with E-state index in [0.717, 1.165) is 30.3 Å². The Hall–Kier alpha value is -2.71. The standard InChI is InChI=1S/C22H25N3O4S/c1-30(28,29)18-7-4-6-17(15-18)22(27)25-13-11-24(12-14-25)20-10-9-16-5-2-3-8-19(16)23-21(20)26/h2-8,15,20H,9-14H2,1H3,(H,23,26). The van der Waals surface area contributed by atoms with E-state index < -0.39 is 9.84 Å². The van der Waals surface area contributed by atoms with Crippen molar-refractivity contribution in [3.63, 3.8) is 0 Å². The molecule has 2 aromatic rings. The fourth-order valence-corrected chi connectivity index (χ4v) is 4.79. The molecule has 8 heteroatoms. The lowest BCUT2D eigenvalue weighted by molar-refractivity contribution is -0.122. The summed E-state index contributed by atoms with van der Waals surface area (Å²) in [5.74, 6) is -0.182. The zero-order valence-corrected chi connectivity index (χ0v) is 17.7. The molecule has 0 aliphatic carbocycles. The molecule has 30 heavy (non-hydrogen) atoms. The molecule has 1 N–H and O–H groups in total. The predicted octanol–water partition coefficient (Wildman–Crippen LogP) is 1.80. The molecule has 0 saturated carbocycles. The predicted molar refractivity (Wildman–Crippen MR) is 114 cm³/mol. The van der Waals surface area contributed by atoms with E-state index in [1.165, 1.54) is 12.1 Å². The first-order chi connectivity index (χ1) is 14.3. The van der Waals surface area contributed by atoms with Gasteiger partial charge in [0.25, 0.3) is 5.91 Å². The van der Waals surface area contributed by atoms with Crippen LogP contribution in [-0.4, -0.2) is 68.5 Å². The van der Waals surface area contributed by atoms with E-state index in [4.69, 9.17) is 0 Å². The molecule has 2 heterocycles. The molecular formula is C22H25N3O4S. The van der Waals surface area contributed by atoms with Gasteiger partial charge >= 0.3 is 0 Å². The molecule has 1 saturated heterocycles. The van der Waals surface area contributed by atoms with Crippen LogP contribution in [0.2, 0.25) is 0 Å². The number of amides is 2. The number of nitrogens with zero attached hydrogens (tertiary/aromatic N) is 2. The lowest BCUT2D eigenvalue weighted by atomic mass is 10.0. The van der Waals surface area contributed by atoms with Crippen molar-refractivity contribution >= 4 is 27.3 Å². The van der Waals surface area contributed by atoms with Gasteiger partial charge in [0.2, 0.25) is 5.91 Å². The summed E-state index contributed by atoms with van der Waals surface area (Å²) in [7, 11) is -3.37. The summed E-state index contributed by atoms with van der Waals surface area (Å²) in [4.78, 5) is 29.6. The first-order valence-electron chi connectivity index (χ1n) is 10.0. The highest BCUT2D eigenvalue weighted by molar-refractivity contribution is 7.90. The summed E-state index contributed by atoms with van der Waals surface area (Å²) in [5, 5.41) is 3.03. The van der Waals surface area contributed by atoms with Crippen molar-refractivity contribution in [1.29, 1.82) is 0 Å². The summed E-state index contributed by atoms with van der Waals surface area (Å²) in [5.41, 5.74) is 2.39. The van der Waals surface area contributed by atoms with Crippen molar-refractivity contribution in [3.8, 4) is 0 Å². The number of hydrogen-bond donors (Lipinski definition) is 1. The number of piperazine rings is 1. The fraction of sp³-hybridized carbons (Fsp3) is 0.364. The molecule has 1 atom stereocenters. The zero-order valence-electron chi connectivity index (χ0n) is 16.9. The first kappa shape index (κ1) is 20.6. The Labute approximate surface area is 176 Å².